The molecule has 2 aromatic rings. The molecule has 0 radical (unpaired) electrons. The number of hydrogen-bond donors (Lipinski definition) is 0. The van der Waals surface area contributed by atoms with Crippen molar-refractivity contribution >= 4 is 0 Å². The van der Waals surface area contributed by atoms with Crippen molar-refractivity contribution in [3.05, 3.63) is 71.3 Å². The second kappa shape index (κ2) is 21.4. The molecule has 0 aromatic heterocycles. The Hall–Kier alpha value is -1.56. The summed E-state index contributed by atoms with van der Waals surface area (Å²) < 4.78 is 0. The van der Waals surface area contributed by atoms with Gasteiger partial charge in [-0.25, -0.2) is 0 Å². The molecule has 0 nitrogen and oxygen atoms in total. The van der Waals surface area contributed by atoms with E-state index in [1.807, 2.05) is 41.5 Å². The van der Waals surface area contributed by atoms with Gasteiger partial charge in [0.15, 0.2) is 0 Å². The first-order valence-electron chi connectivity index (χ1n) is 9.65. The molecule has 0 aliphatic heterocycles. The summed E-state index contributed by atoms with van der Waals surface area (Å²) in [5.41, 5.74) is 4.12. The van der Waals surface area contributed by atoms with Crippen LogP contribution in [0.15, 0.2) is 54.6 Å². The molecular formula is C24H42. The van der Waals surface area contributed by atoms with E-state index in [2.05, 4.69) is 82.3 Å². The predicted molar refractivity (Wildman–Crippen MR) is 115 cm³/mol. The van der Waals surface area contributed by atoms with Crippen LogP contribution < -0.4 is 0 Å². The molecule has 0 heteroatoms. The highest BCUT2D eigenvalue weighted by molar-refractivity contribution is 5.20. The second-order valence-electron chi connectivity index (χ2n) is 5.24. The second-order valence-corrected chi connectivity index (χ2v) is 5.24. The van der Waals surface area contributed by atoms with Gasteiger partial charge in [-0.1, -0.05) is 121 Å². The number of rotatable bonds is 2. The number of aryl methyl sites for hydroxylation is 2. The van der Waals surface area contributed by atoms with Gasteiger partial charge in [0, 0.05) is 0 Å². The van der Waals surface area contributed by atoms with E-state index in [-0.39, 0.29) is 0 Å². The van der Waals surface area contributed by atoms with Crippen LogP contribution in [0.3, 0.4) is 0 Å². The maximum Gasteiger partial charge on any atom is -0.0256 e. The fraction of sp³-hybridized carbons (Fsp3) is 0.500. The Balaban J connectivity index is -0.000000284. The summed E-state index contributed by atoms with van der Waals surface area (Å²) >= 11 is 0. The van der Waals surface area contributed by atoms with E-state index in [1.54, 1.807) is 0 Å². The van der Waals surface area contributed by atoms with Crippen LogP contribution in [0.4, 0.5) is 0 Å². The van der Waals surface area contributed by atoms with Gasteiger partial charge in [0.25, 0.3) is 0 Å². The van der Waals surface area contributed by atoms with Crippen molar-refractivity contribution in [2.45, 2.75) is 75.7 Å². The van der Waals surface area contributed by atoms with Gasteiger partial charge in [-0.2, -0.15) is 0 Å². The van der Waals surface area contributed by atoms with Crippen LogP contribution in [-0.2, 0) is 6.42 Å². The van der Waals surface area contributed by atoms with Crippen molar-refractivity contribution in [1.82, 2.24) is 0 Å². The van der Waals surface area contributed by atoms with E-state index < -0.39 is 0 Å². The molecule has 0 amide bonds. The topological polar surface area (TPSA) is 0 Å². The summed E-state index contributed by atoms with van der Waals surface area (Å²) in [6.45, 7) is 20.7. The first-order valence-corrected chi connectivity index (χ1v) is 9.65. The van der Waals surface area contributed by atoms with Crippen molar-refractivity contribution in [3.8, 4) is 0 Å². The summed E-state index contributed by atoms with van der Waals surface area (Å²) in [5, 5.41) is 0. The molecule has 2 rings (SSSR count). The van der Waals surface area contributed by atoms with Crippen LogP contribution in [0.1, 0.15) is 72.1 Å². The molecule has 0 aliphatic carbocycles. The molecule has 0 spiro atoms. The number of hydrogen-bond acceptors (Lipinski definition) is 0. The molecule has 0 bridgehead atoms. The zero-order chi connectivity index (χ0) is 19.4. The zero-order valence-electron chi connectivity index (χ0n) is 18.0. The molecule has 0 fully saturated rings. The Kier molecular flexibility index (Phi) is 24.4. The molecule has 0 saturated heterocycles. The summed E-state index contributed by atoms with van der Waals surface area (Å²) in [5.74, 6) is 0.766. The molecule has 0 saturated carbocycles. The SMILES string of the molecule is CC.CC.CC.CC(C)Cc1ccccc1.Cc1cccc(C)c1. The molecule has 138 valence electrons. The Morgan fingerprint density at radius 1 is 0.625 bits per heavy atom. The van der Waals surface area contributed by atoms with Gasteiger partial charge in [0.05, 0.1) is 0 Å². The maximum atomic E-state index is 2.24. The van der Waals surface area contributed by atoms with Gasteiger partial charge in [0.1, 0.15) is 0 Å². The number of benzene rings is 2. The van der Waals surface area contributed by atoms with Gasteiger partial charge in [-0.05, 0) is 31.7 Å². The zero-order valence-corrected chi connectivity index (χ0v) is 18.0. The van der Waals surface area contributed by atoms with E-state index >= 15 is 0 Å². The lowest BCUT2D eigenvalue weighted by Crippen LogP contribution is -1.92. The van der Waals surface area contributed by atoms with Crippen molar-refractivity contribution in [2.75, 3.05) is 0 Å². The van der Waals surface area contributed by atoms with Gasteiger partial charge in [0.2, 0.25) is 0 Å². The Bertz CT molecular complexity index is 423. The van der Waals surface area contributed by atoms with E-state index in [0.29, 0.717) is 0 Å². The summed E-state index contributed by atoms with van der Waals surface area (Å²) in [4.78, 5) is 0. The van der Waals surface area contributed by atoms with Crippen LogP contribution in [0, 0.1) is 19.8 Å². The van der Waals surface area contributed by atoms with Crippen molar-refractivity contribution < 1.29 is 0 Å². The minimum Gasteiger partial charge on any atom is -0.0683 e. The van der Waals surface area contributed by atoms with Crippen LogP contribution in [0.25, 0.3) is 0 Å². The third-order valence-corrected chi connectivity index (χ3v) is 2.66. The molecule has 0 atom stereocenters. The fourth-order valence-electron chi connectivity index (χ4n) is 1.89. The highest BCUT2D eigenvalue weighted by Gasteiger charge is 1.94. The fourth-order valence-corrected chi connectivity index (χ4v) is 1.89. The van der Waals surface area contributed by atoms with Crippen LogP contribution in [-0.4, -0.2) is 0 Å². The molecule has 0 aliphatic rings. The van der Waals surface area contributed by atoms with Gasteiger partial charge >= 0.3 is 0 Å². The van der Waals surface area contributed by atoms with Crippen LogP contribution >= 0.6 is 0 Å². The average Bonchev–Trinajstić information content (AvgIpc) is 2.61. The third-order valence-electron chi connectivity index (χ3n) is 2.66. The monoisotopic (exact) mass is 330 g/mol. The van der Waals surface area contributed by atoms with Crippen molar-refractivity contribution in [1.29, 1.82) is 0 Å². The Labute approximate surface area is 153 Å². The molecule has 2 aromatic carbocycles. The normalized spacial score (nSPS) is 8.12. The minimum absolute atomic E-state index is 0.766. The standard InChI is InChI=1S/C10H14.C8H10.3C2H6/c1-9(2)8-10-6-4-3-5-7-10;1-7-4-3-5-8(2)6-7;3*1-2/h3-7,9H,8H2,1-2H3;3-6H,1-2H3;3*1-2H3. The molecule has 0 N–H and O–H groups in total. The largest absolute Gasteiger partial charge is 0.0683 e. The molecule has 0 heterocycles. The molecular weight excluding hydrogens is 288 g/mol. The highest BCUT2D eigenvalue weighted by Crippen LogP contribution is 2.06. The van der Waals surface area contributed by atoms with E-state index in [9.17, 15) is 0 Å². The maximum absolute atomic E-state index is 2.24. The summed E-state index contributed by atoms with van der Waals surface area (Å²) in [6, 6.07) is 19.1. The third kappa shape index (κ3) is 18.5. The summed E-state index contributed by atoms with van der Waals surface area (Å²) in [6.07, 6.45) is 1.20. The smallest absolute Gasteiger partial charge is 0.0256 e. The first-order chi connectivity index (χ1) is 11.6. The first kappa shape index (κ1) is 27.3. The lowest BCUT2D eigenvalue weighted by Gasteiger charge is -2.02. The van der Waals surface area contributed by atoms with E-state index in [4.69, 9.17) is 0 Å². The van der Waals surface area contributed by atoms with Crippen LogP contribution in [0.5, 0.6) is 0 Å². The van der Waals surface area contributed by atoms with Gasteiger partial charge in [-0.3, -0.25) is 0 Å². The molecule has 0 unspecified atom stereocenters. The van der Waals surface area contributed by atoms with Gasteiger partial charge < -0.3 is 0 Å². The molecule has 24 heavy (non-hydrogen) atoms. The van der Waals surface area contributed by atoms with E-state index in [1.165, 1.54) is 23.1 Å². The quantitative estimate of drug-likeness (QED) is 0.519. The average molecular weight is 331 g/mol. The Morgan fingerprint density at radius 2 is 1.04 bits per heavy atom. The van der Waals surface area contributed by atoms with Crippen molar-refractivity contribution in [3.63, 3.8) is 0 Å². The Morgan fingerprint density at radius 3 is 1.33 bits per heavy atom. The van der Waals surface area contributed by atoms with E-state index in [0.717, 1.165) is 5.92 Å². The predicted octanol–water partition coefficient (Wildman–Crippen LogP) is 8.27. The lowest BCUT2D eigenvalue weighted by atomic mass is 10.0. The van der Waals surface area contributed by atoms with Crippen LogP contribution in [0.2, 0.25) is 0 Å². The summed E-state index contributed by atoms with van der Waals surface area (Å²) in [7, 11) is 0. The van der Waals surface area contributed by atoms with Gasteiger partial charge in [-0.15, -0.1) is 0 Å². The van der Waals surface area contributed by atoms with Crippen molar-refractivity contribution in [2.24, 2.45) is 5.92 Å². The lowest BCUT2D eigenvalue weighted by molar-refractivity contribution is 0.647. The highest BCUT2D eigenvalue weighted by atomic mass is 14.0. The minimum atomic E-state index is 0.766.